The van der Waals surface area contributed by atoms with Gasteiger partial charge in [0, 0.05) is 11.9 Å². The average molecular weight is 253 g/mol. The molecule has 0 aliphatic heterocycles. The van der Waals surface area contributed by atoms with Gasteiger partial charge in [-0.05, 0) is 31.2 Å². The summed E-state index contributed by atoms with van der Waals surface area (Å²) in [5, 5.41) is 4.34. The highest BCUT2D eigenvalue weighted by Gasteiger charge is 2.09. The molecule has 1 rings (SSSR count). The number of nitrogens with one attached hydrogen (secondary N) is 1. The molecule has 0 aromatic heterocycles. The second kappa shape index (κ2) is 5.82. The molecule has 0 radical (unpaired) electrons. The lowest BCUT2D eigenvalue weighted by Crippen LogP contribution is -2.16. The van der Waals surface area contributed by atoms with Crippen molar-refractivity contribution in [3.05, 3.63) is 33.8 Å². The predicted molar refractivity (Wildman–Crippen MR) is 63.6 cm³/mol. The molecule has 0 fully saturated rings. The van der Waals surface area contributed by atoms with Crippen molar-refractivity contribution >= 4 is 34.8 Å². The molecule has 0 amide bonds. The minimum atomic E-state index is 0.238. The molecule has 1 atom stereocenters. The minimum absolute atomic E-state index is 0.238. The zero-order valence-electron chi connectivity index (χ0n) is 7.86. The van der Waals surface area contributed by atoms with E-state index < -0.39 is 0 Å². The van der Waals surface area contributed by atoms with E-state index in [0.717, 1.165) is 12.0 Å². The fourth-order valence-electron chi connectivity index (χ4n) is 1.32. The molecular weight excluding hydrogens is 240 g/mol. The zero-order chi connectivity index (χ0) is 10.6. The van der Waals surface area contributed by atoms with E-state index >= 15 is 0 Å². The van der Waals surface area contributed by atoms with Crippen molar-refractivity contribution in [2.75, 3.05) is 12.9 Å². The molecule has 1 nitrogen and oxygen atoms in total. The fourth-order valence-corrected chi connectivity index (χ4v) is 1.84. The topological polar surface area (TPSA) is 12.0 Å². The smallest absolute Gasteiger partial charge is 0.0595 e. The SMILES string of the molecule is CNC(CCCl)c1ccc(Cl)c(Cl)c1. The van der Waals surface area contributed by atoms with Gasteiger partial charge in [0.2, 0.25) is 0 Å². The van der Waals surface area contributed by atoms with E-state index in [9.17, 15) is 0 Å². The molecular formula is C10H12Cl3N. The summed E-state index contributed by atoms with van der Waals surface area (Å²) in [5.74, 6) is 0.617. The molecule has 4 heteroatoms. The van der Waals surface area contributed by atoms with Gasteiger partial charge < -0.3 is 5.32 Å². The Labute approximate surface area is 99.4 Å². The molecule has 0 bridgehead atoms. The second-order valence-corrected chi connectivity index (χ2v) is 4.18. The maximum Gasteiger partial charge on any atom is 0.0595 e. The number of hydrogen-bond donors (Lipinski definition) is 1. The van der Waals surface area contributed by atoms with E-state index in [1.807, 2.05) is 19.2 Å². The first kappa shape index (κ1) is 12.1. The van der Waals surface area contributed by atoms with Gasteiger partial charge in [0.1, 0.15) is 0 Å². The van der Waals surface area contributed by atoms with Gasteiger partial charge in [-0.2, -0.15) is 0 Å². The van der Waals surface area contributed by atoms with E-state index in [4.69, 9.17) is 34.8 Å². The Morgan fingerprint density at radius 3 is 2.50 bits per heavy atom. The summed E-state index contributed by atoms with van der Waals surface area (Å²) in [6, 6.07) is 5.87. The first-order chi connectivity index (χ1) is 6.69. The number of halogens is 3. The highest BCUT2D eigenvalue weighted by atomic mass is 35.5. The Morgan fingerprint density at radius 1 is 1.29 bits per heavy atom. The molecule has 1 aromatic carbocycles. The number of benzene rings is 1. The number of rotatable bonds is 4. The first-order valence-electron chi connectivity index (χ1n) is 4.37. The van der Waals surface area contributed by atoms with Gasteiger partial charge >= 0.3 is 0 Å². The highest BCUT2D eigenvalue weighted by Crippen LogP contribution is 2.26. The van der Waals surface area contributed by atoms with Gasteiger partial charge in [-0.15, -0.1) is 11.6 Å². The van der Waals surface area contributed by atoms with Crippen LogP contribution in [0, 0.1) is 0 Å². The van der Waals surface area contributed by atoms with Crippen LogP contribution in [0.3, 0.4) is 0 Å². The third kappa shape index (κ3) is 3.03. The quantitative estimate of drug-likeness (QED) is 0.802. The maximum absolute atomic E-state index is 5.92. The predicted octanol–water partition coefficient (Wildman–Crippen LogP) is 3.88. The third-order valence-electron chi connectivity index (χ3n) is 2.09. The van der Waals surface area contributed by atoms with Gasteiger partial charge in [0.05, 0.1) is 10.0 Å². The average Bonchev–Trinajstić information content (AvgIpc) is 2.19. The standard InChI is InChI=1S/C10H12Cl3N/c1-14-10(4-5-11)7-2-3-8(12)9(13)6-7/h2-3,6,10,14H,4-5H2,1H3. The lowest BCUT2D eigenvalue weighted by molar-refractivity contribution is 0.580. The van der Waals surface area contributed by atoms with Crippen LogP contribution in [0.15, 0.2) is 18.2 Å². The van der Waals surface area contributed by atoms with Crippen molar-refractivity contribution in [3.8, 4) is 0 Å². The Kier molecular flexibility index (Phi) is 5.04. The van der Waals surface area contributed by atoms with Crippen molar-refractivity contribution in [3.63, 3.8) is 0 Å². The number of hydrogen-bond acceptors (Lipinski definition) is 1. The summed E-state index contributed by atoms with van der Waals surface area (Å²) in [5.41, 5.74) is 1.11. The molecule has 1 N–H and O–H groups in total. The molecule has 0 saturated heterocycles. The van der Waals surface area contributed by atoms with Crippen molar-refractivity contribution in [2.24, 2.45) is 0 Å². The monoisotopic (exact) mass is 251 g/mol. The highest BCUT2D eigenvalue weighted by molar-refractivity contribution is 6.42. The maximum atomic E-state index is 5.92. The lowest BCUT2D eigenvalue weighted by atomic mass is 10.1. The van der Waals surface area contributed by atoms with Crippen molar-refractivity contribution in [2.45, 2.75) is 12.5 Å². The van der Waals surface area contributed by atoms with Gasteiger partial charge in [-0.3, -0.25) is 0 Å². The molecule has 0 saturated carbocycles. The van der Waals surface area contributed by atoms with Crippen LogP contribution in [0.5, 0.6) is 0 Å². The lowest BCUT2D eigenvalue weighted by Gasteiger charge is -2.15. The van der Waals surface area contributed by atoms with Gasteiger partial charge in [0.15, 0.2) is 0 Å². The van der Waals surface area contributed by atoms with Gasteiger partial charge in [-0.25, -0.2) is 0 Å². The fraction of sp³-hybridized carbons (Fsp3) is 0.400. The van der Waals surface area contributed by atoms with Crippen LogP contribution in [-0.2, 0) is 0 Å². The Balaban J connectivity index is 2.88. The van der Waals surface area contributed by atoms with Crippen LogP contribution in [0.4, 0.5) is 0 Å². The Hall–Kier alpha value is 0.0500. The van der Waals surface area contributed by atoms with Gasteiger partial charge in [0.25, 0.3) is 0 Å². The van der Waals surface area contributed by atoms with Crippen LogP contribution >= 0.6 is 34.8 Å². The molecule has 14 heavy (non-hydrogen) atoms. The van der Waals surface area contributed by atoms with Crippen LogP contribution in [0.1, 0.15) is 18.0 Å². The molecule has 1 unspecified atom stereocenters. The summed E-state index contributed by atoms with van der Waals surface area (Å²) >= 11 is 17.4. The molecule has 0 spiro atoms. The summed E-state index contributed by atoms with van der Waals surface area (Å²) in [4.78, 5) is 0. The third-order valence-corrected chi connectivity index (χ3v) is 3.05. The molecule has 1 aromatic rings. The van der Waals surface area contributed by atoms with E-state index in [1.165, 1.54) is 0 Å². The first-order valence-corrected chi connectivity index (χ1v) is 5.66. The second-order valence-electron chi connectivity index (χ2n) is 2.99. The largest absolute Gasteiger partial charge is 0.313 e. The van der Waals surface area contributed by atoms with Crippen LogP contribution in [-0.4, -0.2) is 12.9 Å². The molecule has 78 valence electrons. The minimum Gasteiger partial charge on any atom is -0.313 e. The van der Waals surface area contributed by atoms with Crippen molar-refractivity contribution in [1.82, 2.24) is 5.32 Å². The normalized spacial score (nSPS) is 12.9. The van der Waals surface area contributed by atoms with Crippen LogP contribution in [0.2, 0.25) is 10.0 Å². The van der Waals surface area contributed by atoms with Crippen molar-refractivity contribution < 1.29 is 0 Å². The summed E-state index contributed by atoms with van der Waals surface area (Å²) in [6.45, 7) is 0. The van der Waals surface area contributed by atoms with Crippen molar-refractivity contribution in [1.29, 1.82) is 0 Å². The Morgan fingerprint density at radius 2 is 2.00 bits per heavy atom. The van der Waals surface area contributed by atoms with E-state index in [-0.39, 0.29) is 6.04 Å². The number of alkyl halides is 1. The molecule has 0 heterocycles. The molecule has 0 aliphatic rings. The van der Waals surface area contributed by atoms with E-state index in [0.29, 0.717) is 15.9 Å². The van der Waals surface area contributed by atoms with Crippen LogP contribution < -0.4 is 5.32 Å². The summed E-state index contributed by atoms with van der Waals surface area (Å²) < 4.78 is 0. The van der Waals surface area contributed by atoms with E-state index in [1.54, 1.807) is 6.07 Å². The van der Waals surface area contributed by atoms with Gasteiger partial charge in [-0.1, -0.05) is 29.3 Å². The van der Waals surface area contributed by atoms with E-state index in [2.05, 4.69) is 5.32 Å². The van der Waals surface area contributed by atoms with Crippen LogP contribution in [0.25, 0.3) is 0 Å². The zero-order valence-corrected chi connectivity index (χ0v) is 10.1. The molecule has 0 aliphatic carbocycles. The summed E-state index contributed by atoms with van der Waals surface area (Å²) in [7, 11) is 1.90. The summed E-state index contributed by atoms with van der Waals surface area (Å²) in [6.07, 6.45) is 0.871. The Bertz CT molecular complexity index is 301.